The van der Waals surface area contributed by atoms with E-state index in [-0.39, 0.29) is 16.2 Å². The highest BCUT2D eigenvalue weighted by Gasteiger charge is 2.26. The van der Waals surface area contributed by atoms with Crippen LogP contribution in [0.3, 0.4) is 0 Å². The number of carbonyl (C=O) groups is 1. The zero-order valence-corrected chi connectivity index (χ0v) is 15.8. The molecule has 7 nitrogen and oxygen atoms in total. The number of halogens is 1. The Bertz CT molecular complexity index is 876. The predicted molar refractivity (Wildman–Crippen MR) is 98.2 cm³/mol. The first kappa shape index (κ1) is 18.5. The molecule has 1 fully saturated rings. The fraction of sp³-hybridized carbons (Fsp3) is 0.467. The molecule has 0 aliphatic carbocycles. The quantitative estimate of drug-likeness (QED) is 0.713. The van der Waals surface area contributed by atoms with Gasteiger partial charge in [0.1, 0.15) is 9.36 Å². The average molecular weight is 403 g/mol. The molecule has 10 heteroatoms. The minimum Gasteiger partial charge on any atom is -0.370 e. The highest BCUT2D eigenvalue weighted by atomic mass is 35.5. The molecule has 0 aromatic carbocycles. The first-order valence-corrected chi connectivity index (χ1v) is 10.6. The summed E-state index contributed by atoms with van der Waals surface area (Å²) < 4.78 is 29.0. The number of hydrogen-bond donors (Lipinski definition) is 2. The maximum absolute atomic E-state index is 12.6. The van der Waals surface area contributed by atoms with Gasteiger partial charge in [0.05, 0.1) is 10.2 Å². The Hall–Kier alpha value is -1.26. The van der Waals surface area contributed by atoms with E-state index in [9.17, 15) is 13.2 Å². The minimum atomic E-state index is -3.59. The number of fused-ring (bicyclic) bond motifs is 1. The Morgan fingerprint density at radius 3 is 2.80 bits per heavy atom. The molecule has 0 atom stereocenters. The van der Waals surface area contributed by atoms with Crippen molar-refractivity contribution in [1.29, 1.82) is 0 Å². The summed E-state index contributed by atoms with van der Waals surface area (Å²) in [7, 11) is -3.59. The largest absolute Gasteiger partial charge is 0.370 e. The van der Waals surface area contributed by atoms with Crippen molar-refractivity contribution < 1.29 is 13.2 Å². The molecule has 1 aliphatic rings. The molecule has 0 radical (unpaired) electrons. The molecule has 3 heterocycles. The van der Waals surface area contributed by atoms with Crippen LogP contribution >= 0.6 is 22.9 Å². The number of nitrogens with zero attached hydrogens (tertiary/aromatic N) is 2. The highest BCUT2D eigenvalue weighted by molar-refractivity contribution is 7.91. The summed E-state index contributed by atoms with van der Waals surface area (Å²) >= 11 is 7.03. The molecule has 2 aromatic rings. The van der Waals surface area contributed by atoms with Crippen LogP contribution in [-0.2, 0) is 14.8 Å². The lowest BCUT2D eigenvalue weighted by Crippen LogP contribution is -2.45. The van der Waals surface area contributed by atoms with E-state index < -0.39 is 10.0 Å². The molecule has 0 spiro atoms. The number of primary amides is 1. The van der Waals surface area contributed by atoms with E-state index in [2.05, 4.69) is 14.6 Å². The van der Waals surface area contributed by atoms with Gasteiger partial charge in [-0.15, -0.1) is 11.3 Å². The van der Waals surface area contributed by atoms with Crippen LogP contribution in [0.4, 0.5) is 0 Å². The first-order chi connectivity index (χ1) is 11.8. The number of amides is 1. The van der Waals surface area contributed by atoms with Crippen LogP contribution in [0.5, 0.6) is 0 Å². The van der Waals surface area contributed by atoms with Gasteiger partial charge in [-0.1, -0.05) is 11.6 Å². The van der Waals surface area contributed by atoms with Crippen LogP contribution in [0.1, 0.15) is 19.3 Å². The van der Waals surface area contributed by atoms with Gasteiger partial charge >= 0.3 is 0 Å². The summed E-state index contributed by atoms with van der Waals surface area (Å²) in [6.07, 6.45) is 1.73. The Morgan fingerprint density at radius 1 is 1.40 bits per heavy atom. The molecule has 0 bridgehead atoms. The number of likely N-dealkylation sites (tertiary alicyclic amines) is 1. The van der Waals surface area contributed by atoms with Crippen molar-refractivity contribution in [3.63, 3.8) is 0 Å². The van der Waals surface area contributed by atoms with Gasteiger partial charge in [-0.2, -0.15) is 0 Å². The number of thiophene rings is 1. The molecule has 2 aromatic heterocycles. The summed E-state index contributed by atoms with van der Waals surface area (Å²) in [5.74, 6) is -0.318. The van der Waals surface area contributed by atoms with Crippen molar-refractivity contribution in [3.8, 4) is 0 Å². The lowest BCUT2D eigenvalue weighted by atomic mass is 10.1. The van der Waals surface area contributed by atoms with Gasteiger partial charge in [-0.05, 0) is 44.1 Å². The Morgan fingerprint density at radius 2 is 2.12 bits per heavy atom. The zero-order chi connectivity index (χ0) is 18.0. The second-order valence-electron chi connectivity index (χ2n) is 6.04. The minimum absolute atomic E-state index is 0.114. The summed E-state index contributed by atoms with van der Waals surface area (Å²) in [5.41, 5.74) is 5.74. The monoisotopic (exact) mass is 402 g/mol. The van der Waals surface area contributed by atoms with Gasteiger partial charge in [-0.3, -0.25) is 4.79 Å². The van der Waals surface area contributed by atoms with Crippen LogP contribution in [0, 0.1) is 0 Å². The lowest BCUT2D eigenvalue weighted by Gasteiger charge is -2.31. The molecule has 3 N–H and O–H groups in total. The number of sulfonamides is 1. The maximum Gasteiger partial charge on any atom is 0.250 e. The van der Waals surface area contributed by atoms with E-state index >= 15 is 0 Å². The van der Waals surface area contributed by atoms with Crippen LogP contribution < -0.4 is 10.5 Å². The van der Waals surface area contributed by atoms with Gasteiger partial charge in [0.15, 0.2) is 0 Å². The molecule has 136 valence electrons. The number of nitrogens with one attached hydrogen (secondary N) is 1. The third-order valence-electron chi connectivity index (χ3n) is 4.17. The lowest BCUT2D eigenvalue weighted by molar-refractivity contribution is -0.118. The molecular weight excluding hydrogens is 384 g/mol. The fourth-order valence-corrected chi connectivity index (χ4v) is 5.63. The second-order valence-corrected chi connectivity index (χ2v) is 9.45. The summed E-state index contributed by atoms with van der Waals surface area (Å²) in [4.78, 5) is 17.1. The van der Waals surface area contributed by atoms with Crippen LogP contribution in [0.25, 0.3) is 10.2 Å². The third-order valence-corrected chi connectivity index (χ3v) is 7.46. The first-order valence-electron chi connectivity index (χ1n) is 7.92. The van der Waals surface area contributed by atoms with E-state index in [1.165, 1.54) is 11.3 Å². The topological polar surface area (TPSA) is 105 Å². The van der Waals surface area contributed by atoms with Crippen molar-refractivity contribution in [2.75, 3.05) is 19.6 Å². The number of pyridine rings is 1. The molecule has 1 aliphatic heterocycles. The predicted octanol–water partition coefficient (Wildman–Crippen LogP) is 1.57. The van der Waals surface area contributed by atoms with Gasteiger partial charge < -0.3 is 10.6 Å². The molecule has 0 saturated carbocycles. The van der Waals surface area contributed by atoms with Crippen LogP contribution in [0.2, 0.25) is 5.15 Å². The van der Waals surface area contributed by atoms with Crippen molar-refractivity contribution in [2.45, 2.75) is 29.5 Å². The number of hydrogen-bond acceptors (Lipinski definition) is 6. The normalized spacial score (nSPS) is 17.2. The second kappa shape index (κ2) is 7.55. The van der Waals surface area contributed by atoms with Gasteiger partial charge in [0, 0.05) is 19.0 Å². The molecule has 25 heavy (non-hydrogen) atoms. The standard InChI is InChI=1S/C15H19ClN4O3S2/c16-13-2-1-12-11(18-13)9-15(24-12)25(22,23)19-10-3-6-20(7-4-10)8-5-14(17)21/h1-2,9-10,19H,3-8H2,(H2,17,21). The van der Waals surface area contributed by atoms with Gasteiger partial charge in [0.2, 0.25) is 15.9 Å². The maximum atomic E-state index is 12.6. The third kappa shape index (κ3) is 4.68. The van der Waals surface area contributed by atoms with Crippen molar-refractivity contribution in [1.82, 2.24) is 14.6 Å². The van der Waals surface area contributed by atoms with Crippen molar-refractivity contribution >= 4 is 49.1 Å². The van der Waals surface area contributed by atoms with E-state index in [1.807, 2.05) is 0 Å². The molecule has 1 amide bonds. The molecule has 0 unspecified atom stereocenters. The smallest absolute Gasteiger partial charge is 0.250 e. The van der Waals surface area contributed by atoms with Crippen LogP contribution in [-0.4, -0.2) is 49.9 Å². The van der Waals surface area contributed by atoms with Crippen LogP contribution in [0.15, 0.2) is 22.4 Å². The van der Waals surface area contributed by atoms with E-state index in [0.717, 1.165) is 17.8 Å². The van der Waals surface area contributed by atoms with Gasteiger partial charge in [-0.25, -0.2) is 18.1 Å². The highest BCUT2D eigenvalue weighted by Crippen LogP contribution is 2.29. The van der Waals surface area contributed by atoms with E-state index in [1.54, 1.807) is 18.2 Å². The van der Waals surface area contributed by atoms with E-state index in [0.29, 0.717) is 36.5 Å². The molecule has 3 rings (SSSR count). The number of piperidine rings is 1. The number of nitrogens with two attached hydrogens (primary N) is 1. The Kier molecular flexibility index (Phi) is 5.59. The average Bonchev–Trinajstić information content (AvgIpc) is 2.98. The summed E-state index contributed by atoms with van der Waals surface area (Å²) in [6, 6.07) is 4.85. The SMILES string of the molecule is NC(=O)CCN1CCC(NS(=O)(=O)c2cc3nc(Cl)ccc3s2)CC1. The van der Waals surface area contributed by atoms with Crippen molar-refractivity contribution in [3.05, 3.63) is 23.4 Å². The Labute approximate surface area is 155 Å². The van der Waals surface area contributed by atoms with Crippen molar-refractivity contribution in [2.24, 2.45) is 5.73 Å². The summed E-state index contributed by atoms with van der Waals surface area (Å²) in [5, 5.41) is 0.338. The number of aromatic nitrogens is 1. The molecule has 1 saturated heterocycles. The summed E-state index contributed by atoms with van der Waals surface area (Å²) in [6.45, 7) is 2.10. The number of carbonyl (C=O) groups excluding carboxylic acids is 1. The van der Waals surface area contributed by atoms with Gasteiger partial charge in [0.25, 0.3) is 0 Å². The molecular formula is C15H19ClN4O3S2. The Balaban J connectivity index is 1.62. The number of rotatable bonds is 6. The van der Waals surface area contributed by atoms with E-state index in [4.69, 9.17) is 17.3 Å². The fourth-order valence-electron chi connectivity index (χ4n) is 2.83. The zero-order valence-electron chi connectivity index (χ0n) is 13.4.